The number of amides is 1. The van der Waals surface area contributed by atoms with Gasteiger partial charge in [0.15, 0.2) is 0 Å². The summed E-state index contributed by atoms with van der Waals surface area (Å²) < 4.78 is 0. The van der Waals surface area contributed by atoms with Gasteiger partial charge in [-0.05, 0) is 23.5 Å². The third-order valence-electron chi connectivity index (χ3n) is 3.03. The number of anilines is 1. The molecule has 0 spiro atoms. The Labute approximate surface area is 98.1 Å². The van der Waals surface area contributed by atoms with Gasteiger partial charge in [-0.1, -0.05) is 45.9 Å². The Balaban J connectivity index is 2.49. The fourth-order valence-corrected chi connectivity index (χ4v) is 1.32. The molecule has 0 bridgehead atoms. The highest BCUT2D eigenvalue weighted by Crippen LogP contribution is 2.28. The Kier molecular flexibility index (Phi) is 4.11. The van der Waals surface area contributed by atoms with E-state index < -0.39 is 0 Å². The van der Waals surface area contributed by atoms with Crippen molar-refractivity contribution in [1.82, 2.24) is 0 Å². The maximum absolute atomic E-state index is 11.8. The number of nitrogens with one attached hydrogen (secondary N) is 1. The molecule has 0 unspecified atom stereocenters. The molecule has 1 atom stereocenters. The average Bonchev–Trinajstić information content (AvgIpc) is 2.17. The van der Waals surface area contributed by atoms with Gasteiger partial charge in [-0.3, -0.25) is 4.79 Å². The molecule has 0 aromatic heterocycles. The predicted molar refractivity (Wildman–Crippen MR) is 68.3 cm³/mol. The number of rotatable bonds is 3. The highest BCUT2D eigenvalue weighted by Gasteiger charge is 2.22. The number of carbonyl (C=O) groups is 1. The van der Waals surface area contributed by atoms with Crippen LogP contribution in [0.3, 0.4) is 0 Å². The smallest absolute Gasteiger partial charge is 0.224 e. The molecule has 0 aliphatic rings. The van der Waals surface area contributed by atoms with E-state index in [9.17, 15) is 4.79 Å². The lowest BCUT2D eigenvalue weighted by Crippen LogP contribution is -2.23. The summed E-state index contributed by atoms with van der Waals surface area (Å²) in [5.74, 6) is 0.463. The molecule has 0 radical (unpaired) electrons. The number of benzene rings is 1. The normalized spacial score (nSPS) is 13.2. The first-order valence-corrected chi connectivity index (χ1v) is 5.74. The van der Waals surface area contributed by atoms with Crippen LogP contribution in [-0.4, -0.2) is 5.91 Å². The van der Waals surface area contributed by atoms with Crippen molar-refractivity contribution >= 4 is 11.6 Å². The van der Waals surface area contributed by atoms with Gasteiger partial charge >= 0.3 is 0 Å². The second-order valence-electron chi connectivity index (χ2n) is 5.39. The van der Waals surface area contributed by atoms with Crippen molar-refractivity contribution < 1.29 is 4.79 Å². The van der Waals surface area contributed by atoms with E-state index in [-0.39, 0.29) is 11.3 Å². The van der Waals surface area contributed by atoms with E-state index in [0.717, 1.165) is 5.69 Å². The molecular weight excluding hydrogens is 198 g/mol. The van der Waals surface area contributed by atoms with Crippen LogP contribution in [0.2, 0.25) is 0 Å². The van der Waals surface area contributed by atoms with Crippen molar-refractivity contribution in [2.75, 3.05) is 5.32 Å². The summed E-state index contributed by atoms with van der Waals surface area (Å²) in [4.78, 5) is 11.8. The molecule has 1 aromatic rings. The summed E-state index contributed by atoms with van der Waals surface area (Å²) in [5, 5.41) is 2.91. The monoisotopic (exact) mass is 219 g/mol. The van der Waals surface area contributed by atoms with E-state index >= 15 is 0 Å². The molecule has 0 aliphatic heterocycles. The van der Waals surface area contributed by atoms with Crippen molar-refractivity contribution in [2.24, 2.45) is 11.3 Å². The van der Waals surface area contributed by atoms with Gasteiger partial charge < -0.3 is 5.32 Å². The van der Waals surface area contributed by atoms with Crippen LogP contribution in [0.1, 0.15) is 34.1 Å². The van der Waals surface area contributed by atoms with Gasteiger partial charge in [-0.25, -0.2) is 0 Å². The number of para-hydroxylation sites is 1. The Morgan fingerprint density at radius 2 is 1.81 bits per heavy atom. The minimum atomic E-state index is 0.0913. The van der Waals surface area contributed by atoms with Gasteiger partial charge in [0.25, 0.3) is 0 Å². The van der Waals surface area contributed by atoms with Crippen LogP contribution < -0.4 is 5.32 Å². The average molecular weight is 219 g/mol. The lowest BCUT2D eigenvalue weighted by atomic mass is 9.80. The summed E-state index contributed by atoms with van der Waals surface area (Å²) in [5.41, 5.74) is 1.04. The second kappa shape index (κ2) is 5.15. The molecule has 16 heavy (non-hydrogen) atoms. The fourth-order valence-electron chi connectivity index (χ4n) is 1.32. The van der Waals surface area contributed by atoms with Gasteiger partial charge in [-0.15, -0.1) is 0 Å². The van der Waals surface area contributed by atoms with Crippen LogP contribution >= 0.6 is 0 Å². The van der Waals surface area contributed by atoms with Crippen LogP contribution in [-0.2, 0) is 4.79 Å². The summed E-state index contributed by atoms with van der Waals surface area (Å²) in [7, 11) is 0. The molecule has 0 aliphatic carbocycles. The number of hydrogen-bond donors (Lipinski definition) is 1. The molecule has 0 saturated carbocycles. The van der Waals surface area contributed by atoms with Crippen LogP contribution in [0.15, 0.2) is 30.3 Å². The van der Waals surface area contributed by atoms with Gasteiger partial charge in [0.2, 0.25) is 5.91 Å². The molecule has 0 heterocycles. The van der Waals surface area contributed by atoms with Gasteiger partial charge in [-0.2, -0.15) is 0 Å². The molecule has 1 amide bonds. The summed E-state index contributed by atoms with van der Waals surface area (Å²) in [6, 6.07) is 9.58. The lowest BCUT2D eigenvalue weighted by Gasteiger charge is -2.26. The van der Waals surface area contributed by atoms with Crippen molar-refractivity contribution in [1.29, 1.82) is 0 Å². The number of hydrogen-bond acceptors (Lipinski definition) is 1. The predicted octanol–water partition coefficient (Wildman–Crippen LogP) is 3.70. The van der Waals surface area contributed by atoms with Crippen molar-refractivity contribution in [3.8, 4) is 0 Å². The molecular formula is C14H21NO. The summed E-state index contributed by atoms with van der Waals surface area (Å²) in [6.45, 7) is 8.60. The fraction of sp³-hybridized carbons (Fsp3) is 0.500. The van der Waals surface area contributed by atoms with E-state index in [0.29, 0.717) is 12.3 Å². The van der Waals surface area contributed by atoms with E-state index in [4.69, 9.17) is 0 Å². The first kappa shape index (κ1) is 12.8. The van der Waals surface area contributed by atoms with Crippen LogP contribution in [0.25, 0.3) is 0 Å². The van der Waals surface area contributed by atoms with Crippen molar-refractivity contribution in [3.63, 3.8) is 0 Å². The summed E-state index contributed by atoms with van der Waals surface area (Å²) >= 11 is 0. The first-order chi connectivity index (χ1) is 7.39. The minimum absolute atomic E-state index is 0.0913. The van der Waals surface area contributed by atoms with E-state index in [1.807, 2.05) is 30.3 Å². The lowest BCUT2D eigenvalue weighted by molar-refractivity contribution is -0.117. The third kappa shape index (κ3) is 4.05. The Morgan fingerprint density at radius 3 is 2.31 bits per heavy atom. The van der Waals surface area contributed by atoms with Gasteiger partial charge in [0, 0.05) is 12.1 Å². The topological polar surface area (TPSA) is 29.1 Å². The molecule has 0 fully saturated rings. The van der Waals surface area contributed by atoms with Crippen molar-refractivity contribution in [3.05, 3.63) is 30.3 Å². The Morgan fingerprint density at radius 1 is 1.25 bits per heavy atom. The zero-order chi connectivity index (χ0) is 12.2. The Hall–Kier alpha value is -1.31. The molecule has 0 saturated heterocycles. The standard InChI is InChI=1S/C14H21NO/c1-11(14(2,3)4)10-13(16)15-12-8-6-5-7-9-12/h5-9,11H,10H2,1-4H3,(H,15,16)/t11-/m1/s1. The first-order valence-electron chi connectivity index (χ1n) is 5.74. The maximum atomic E-state index is 11.8. The van der Waals surface area contributed by atoms with E-state index in [2.05, 4.69) is 33.0 Å². The molecule has 88 valence electrons. The minimum Gasteiger partial charge on any atom is -0.326 e. The Bertz CT molecular complexity index is 338. The van der Waals surface area contributed by atoms with Crippen LogP contribution in [0, 0.1) is 11.3 Å². The second-order valence-corrected chi connectivity index (χ2v) is 5.39. The van der Waals surface area contributed by atoms with Gasteiger partial charge in [0.1, 0.15) is 0 Å². The van der Waals surface area contributed by atoms with Crippen LogP contribution in [0.5, 0.6) is 0 Å². The molecule has 1 N–H and O–H groups in total. The molecule has 2 nitrogen and oxygen atoms in total. The zero-order valence-electron chi connectivity index (χ0n) is 10.6. The molecule has 1 rings (SSSR count). The molecule has 2 heteroatoms. The highest BCUT2D eigenvalue weighted by atomic mass is 16.1. The van der Waals surface area contributed by atoms with E-state index in [1.54, 1.807) is 0 Å². The molecule has 1 aromatic carbocycles. The van der Waals surface area contributed by atoms with Gasteiger partial charge in [0.05, 0.1) is 0 Å². The zero-order valence-corrected chi connectivity index (χ0v) is 10.6. The van der Waals surface area contributed by atoms with E-state index in [1.165, 1.54) is 0 Å². The summed E-state index contributed by atoms with van der Waals surface area (Å²) in [6.07, 6.45) is 0.568. The largest absolute Gasteiger partial charge is 0.326 e. The van der Waals surface area contributed by atoms with Crippen molar-refractivity contribution in [2.45, 2.75) is 34.1 Å². The third-order valence-corrected chi connectivity index (χ3v) is 3.03. The van der Waals surface area contributed by atoms with Crippen LogP contribution in [0.4, 0.5) is 5.69 Å². The quantitative estimate of drug-likeness (QED) is 0.825. The number of carbonyl (C=O) groups excluding carboxylic acids is 1. The maximum Gasteiger partial charge on any atom is 0.224 e. The SMILES string of the molecule is C[C@H](CC(=O)Nc1ccccc1)C(C)(C)C. The highest BCUT2D eigenvalue weighted by molar-refractivity contribution is 5.90.